The van der Waals surface area contributed by atoms with Crippen molar-refractivity contribution in [2.24, 2.45) is 0 Å². The number of ether oxygens (including phenoxy) is 1. The van der Waals surface area contributed by atoms with Crippen LogP contribution >= 0.6 is 0 Å². The second-order valence-corrected chi connectivity index (χ2v) is 8.29. The molecule has 1 N–H and O–H groups in total. The van der Waals surface area contributed by atoms with Gasteiger partial charge in [-0.2, -0.15) is 0 Å². The Balaban J connectivity index is 1.34. The van der Waals surface area contributed by atoms with Crippen LogP contribution in [0.3, 0.4) is 0 Å². The minimum atomic E-state index is 0.108. The van der Waals surface area contributed by atoms with Gasteiger partial charge in [-0.15, -0.1) is 0 Å². The van der Waals surface area contributed by atoms with Crippen molar-refractivity contribution in [2.75, 3.05) is 19.7 Å². The van der Waals surface area contributed by atoms with Crippen molar-refractivity contribution >= 4 is 5.91 Å². The van der Waals surface area contributed by atoms with Crippen molar-refractivity contribution in [2.45, 2.75) is 57.7 Å². The van der Waals surface area contributed by atoms with E-state index < -0.39 is 0 Å². The number of rotatable bonds is 8. The Kier molecular flexibility index (Phi) is 6.96. The van der Waals surface area contributed by atoms with E-state index >= 15 is 0 Å². The topological polar surface area (TPSA) is 41.6 Å². The highest BCUT2D eigenvalue weighted by Gasteiger charge is 2.17. The van der Waals surface area contributed by atoms with E-state index in [1.807, 2.05) is 6.07 Å². The maximum atomic E-state index is 12.3. The number of hydrogen-bond donors (Lipinski definition) is 1. The molecule has 4 nitrogen and oxygen atoms in total. The van der Waals surface area contributed by atoms with Gasteiger partial charge >= 0.3 is 0 Å². The van der Waals surface area contributed by atoms with Gasteiger partial charge in [0.2, 0.25) is 5.91 Å². The second-order valence-electron chi connectivity index (χ2n) is 8.29. The number of likely N-dealkylation sites (tertiary alicyclic amines) is 1. The molecule has 2 fully saturated rings. The molecule has 0 spiro atoms. The summed E-state index contributed by atoms with van der Waals surface area (Å²) < 4.78 is 5.61. The van der Waals surface area contributed by atoms with Crippen LogP contribution < -0.4 is 5.32 Å². The third-order valence-electron chi connectivity index (χ3n) is 6.08. The number of amides is 1. The number of hydrogen-bond acceptors (Lipinski definition) is 3. The molecule has 29 heavy (non-hydrogen) atoms. The van der Waals surface area contributed by atoms with E-state index in [1.165, 1.54) is 42.6 Å². The summed E-state index contributed by atoms with van der Waals surface area (Å²) >= 11 is 0. The van der Waals surface area contributed by atoms with Crippen LogP contribution in [0.1, 0.15) is 49.7 Å². The summed E-state index contributed by atoms with van der Waals surface area (Å²) in [5, 5.41) is 3.09. The first-order chi connectivity index (χ1) is 14.3. The number of carbonyl (C=O) groups is 1. The van der Waals surface area contributed by atoms with E-state index in [-0.39, 0.29) is 12.0 Å². The third kappa shape index (κ3) is 5.68. The molecule has 1 atom stereocenters. The summed E-state index contributed by atoms with van der Waals surface area (Å²) in [6.45, 7) is 4.89. The van der Waals surface area contributed by atoms with Gasteiger partial charge in [0.05, 0.1) is 6.10 Å². The molecule has 4 rings (SSSR count). The van der Waals surface area contributed by atoms with Crippen LogP contribution in [0.2, 0.25) is 0 Å². The molecule has 2 aromatic carbocycles. The van der Waals surface area contributed by atoms with Crippen LogP contribution in [0.15, 0.2) is 48.5 Å². The summed E-state index contributed by atoms with van der Waals surface area (Å²) in [7, 11) is 0. The third-order valence-corrected chi connectivity index (χ3v) is 6.08. The summed E-state index contributed by atoms with van der Waals surface area (Å²) in [6.07, 6.45) is 6.49. The summed E-state index contributed by atoms with van der Waals surface area (Å²) in [5.41, 5.74) is 4.93. The Hall–Kier alpha value is -2.17. The lowest BCUT2D eigenvalue weighted by atomic mass is 9.98. The number of benzene rings is 2. The van der Waals surface area contributed by atoms with Gasteiger partial charge in [-0.3, -0.25) is 9.69 Å². The zero-order chi connectivity index (χ0) is 19.9. The molecule has 154 valence electrons. The van der Waals surface area contributed by atoms with Crippen LogP contribution in [-0.2, 0) is 22.6 Å². The number of carbonyl (C=O) groups excluding carboxylic acids is 1. The van der Waals surface area contributed by atoms with Gasteiger partial charge in [0.25, 0.3) is 0 Å². The van der Waals surface area contributed by atoms with E-state index in [4.69, 9.17) is 4.74 Å². The quantitative estimate of drug-likeness (QED) is 0.718. The molecule has 0 bridgehead atoms. The van der Waals surface area contributed by atoms with Gasteiger partial charge < -0.3 is 10.1 Å². The maximum absolute atomic E-state index is 12.3. The molecule has 2 aromatic rings. The Bertz CT molecular complexity index is 791. The van der Waals surface area contributed by atoms with Gasteiger partial charge in [-0.25, -0.2) is 0 Å². The first-order valence-corrected chi connectivity index (χ1v) is 11.1. The lowest BCUT2D eigenvalue weighted by Gasteiger charge is -2.15. The highest BCUT2D eigenvalue weighted by Crippen LogP contribution is 2.25. The predicted octanol–water partition coefficient (Wildman–Crippen LogP) is 4.52. The molecule has 0 radical (unpaired) electrons. The lowest BCUT2D eigenvalue weighted by molar-refractivity contribution is -0.121. The van der Waals surface area contributed by atoms with Crippen LogP contribution in [0.25, 0.3) is 11.1 Å². The smallest absolute Gasteiger partial charge is 0.220 e. The molecule has 2 aliphatic rings. The lowest BCUT2D eigenvalue weighted by Crippen LogP contribution is -2.24. The predicted molar refractivity (Wildman–Crippen MR) is 116 cm³/mol. The van der Waals surface area contributed by atoms with Crippen molar-refractivity contribution in [1.29, 1.82) is 0 Å². The zero-order valence-corrected chi connectivity index (χ0v) is 17.2. The molecule has 1 unspecified atom stereocenters. The minimum absolute atomic E-state index is 0.108. The summed E-state index contributed by atoms with van der Waals surface area (Å²) in [6, 6.07) is 17.3. The molecule has 0 aromatic heterocycles. The molecule has 2 aliphatic heterocycles. The maximum Gasteiger partial charge on any atom is 0.220 e. The van der Waals surface area contributed by atoms with Crippen molar-refractivity contribution in [1.82, 2.24) is 10.2 Å². The van der Waals surface area contributed by atoms with E-state index in [0.29, 0.717) is 13.0 Å². The average molecular weight is 393 g/mol. The van der Waals surface area contributed by atoms with E-state index in [2.05, 4.69) is 52.7 Å². The Morgan fingerprint density at radius 3 is 2.59 bits per heavy atom. The molecule has 2 saturated heterocycles. The fraction of sp³-hybridized carbons (Fsp3) is 0.480. The monoisotopic (exact) mass is 392 g/mol. The number of nitrogens with zero attached hydrogens (tertiary/aromatic N) is 1. The first-order valence-electron chi connectivity index (χ1n) is 11.1. The minimum Gasteiger partial charge on any atom is -0.378 e. The molecule has 2 heterocycles. The van der Waals surface area contributed by atoms with Crippen molar-refractivity contribution in [3.05, 3.63) is 59.7 Å². The zero-order valence-electron chi connectivity index (χ0n) is 17.2. The van der Waals surface area contributed by atoms with Crippen LogP contribution in [0, 0.1) is 0 Å². The van der Waals surface area contributed by atoms with Crippen LogP contribution in [0.4, 0.5) is 0 Å². The molecule has 0 aliphatic carbocycles. The van der Waals surface area contributed by atoms with E-state index in [1.54, 1.807) is 0 Å². The fourth-order valence-corrected chi connectivity index (χ4v) is 4.39. The summed E-state index contributed by atoms with van der Waals surface area (Å²) in [5.74, 6) is 0.108. The van der Waals surface area contributed by atoms with Gasteiger partial charge in [-0.1, -0.05) is 48.5 Å². The number of nitrogens with one attached hydrogen (secondary N) is 1. The van der Waals surface area contributed by atoms with Gasteiger partial charge in [0, 0.05) is 26.1 Å². The van der Waals surface area contributed by atoms with Gasteiger partial charge in [0.15, 0.2) is 0 Å². The van der Waals surface area contributed by atoms with Gasteiger partial charge in [0.1, 0.15) is 0 Å². The van der Waals surface area contributed by atoms with Crippen LogP contribution in [0.5, 0.6) is 0 Å². The Morgan fingerprint density at radius 2 is 1.83 bits per heavy atom. The molecular formula is C25H32N2O2. The fourth-order valence-electron chi connectivity index (χ4n) is 4.39. The van der Waals surface area contributed by atoms with E-state index in [0.717, 1.165) is 38.0 Å². The standard InChI is InChI=1S/C25H32N2O2/c28-25(14-13-23-7-5-17-29-23)26-18-22-6-1-2-8-24(22)21-11-9-20(10-12-21)19-27-15-3-4-16-27/h1-2,6,8-12,23H,3-5,7,13-19H2,(H,26,28). The molecule has 4 heteroatoms. The second kappa shape index (κ2) is 10.0. The van der Waals surface area contributed by atoms with Crippen molar-refractivity contribution in [3.8, 4) is 11.1 Å². The summed E-state index contributed by atoms with van der Waals surface area (Å²) in [4.78, 5) is 14.8. The molecule has 0 saturated carbocycles. The normalized spacial score (nSPS) is 19.5. The van der Waals surface area contributed by atoms with Crippen LogP contribution in [-0.4, -0.2) is 36.6 Å². The largest absolute Gasteiger partial charge is 0.378 e. The highest BCUT2D eigenvalue weighted by molar-refractivity contribution is 5.76. The molecule has 1 amide bonds. The SMILES string of the molecule is O=C(CCC1CCCO1)NCc1ccccc1-c1ccc(CN2CCCC2)cc1. The Labute approximate surface area is 174 Å². The van der Waals surface area contributed by atoms with Crippen molar-refractivity contribution < 1.29 is 9.53 Å². The van der Waals surface area contributed by atoms with Crippen molar-refractivity contribution in [3.63, 3.8) is 0 Å². The average Bonchev–Trinajstić information content (AvgIpc) is 3.46. The molecular weight excluding hydrogens is 360 g/mol. The van der Waals surface area contributed by atoms with E-state index in [9.17, 15) is 4.79 Å². The first kappa shape index (κ1) is 20.1. The van der Waals surface area contributed by atoms with Gasteiger partial charge in [-0.05, 0) is 67.4 Å². The Morgan fingerprint density at radius 1 is 1.03 bits per heavy atom. The highest BCUT2D eigenvalue weighted by atomic mass is 16.5.